The molecule has 0 aliphatic heterocycles. The summed E-state index contributed by atoms with van der Waals surface area (Å²) < 4.78 is 28.2. The maximum atomic E-state index is 12.1. The minimum Gasteiger partial charge on any atom is -0.468 e. The van der Waals surface area contributed by atoms with Crippen LogP contribution in [0, 0.1) is 0 Å². The Labute approximate surface area is 57.1 Å². The minimum atomic E-state index is -3.22. The van der Waals surface area contributed by atoms with Gasteiger partial charge in [0.2, 0.25) is 0 Å². The van der Waals surface area contributed by atoms with Crippen molar-refractivity contribution in [3.8, 4) is 0 Å². The van der Waals surface area contributed by atoms with Gasteiger partial charge in [0.05, 0.1) is 7.11 Å². The van der Waals surface area contributed by atoms with E-state index >= 15 is 0 Å². The van der Waals surface area contributed by atoms with Gasteiger partial charge in [-0.05, 0) is 0 Å². The molecule has 0 aliphatic rings. The van der Waals surface area contributed by atoms with Crippen LogP contribution in [0.15, 0.2) is 0 Å². The second kappa shape index (κ2) is 2.92. The van der Waals surface area contributed by atoms with Gasteiger partial charge in [-0.1, -0.05) is 0 Å². The highest BCUT2D eigenvalue weighted by Crippen LogP contribution is 2.15. The summed E-state index contributed by atoms with van der Waals surface area (Å²) in [7, 11) is 1.01. The first kappa shape index (κ1) is 9.29. The molecule has 0 aromatic rings. The first-order valence-corrected chi connectivity index (χ1v) is 2.61. The number of ether oxygens (including phenoxy) is 1. The zero-order valence-corrected chi connectivity index (χ0v) is 5.73. The molecule has 10 heavy (non-hydrogen) atoms. The topological polar surface area (TPSA) is 52.3 Å². The van der Waals surface area contributed by atoms with Crippen LogP contribution < -0.4 is 5.73 Å². The van der Waals surface area contributed by atoms with Crippen LogP contribution in [0.5, 0.6) is 0 Å². The van der Waals surface area contributed by atoms with Crippen LogP contribution in [-0.2, 0) is 9.53 Å². The maximum Gasteiger partial charge on any atom is 0.328 e. The number of halogens is 2. The number of nitrogens with two attached hydrogens (primary N) is 1. The van der Waals surface area contributed by atoms with E-state index in [1.165, 1.54) is 0 Å². The number of esters is 1. The van der Waals surface area contributed by atoms with Crippen LogP contribution in [0.3, 0.4) is 0 Å². The number of carbonyl (C=O) groups excluding carboxylic acids is 1. The van der Waals surface area contributed by atoms with Crippen LogP contribution in [0.2, 0.25) is 0 Å². The van der Waals surface area contributed by atoms with Crippen molar-refractivity contribution in [2.45, 2.75) is 18.9 Å². The SMILES string of the molecule is COC(=O)[C@H](N)C(C)(F)F. The van der Waals surface area contributed by atoms with E-state index in [0.717, 1.165) is 7.11 Å². The lowest BCUT2D eigenvalue weighted by atomic mass is 10.2. The fourth-order valence-corrected chi connectivity index (χ4v) is 0.334. The molecule has 3 nitrogen and oxygen atoms in total. The lowest BCUT2D eigenvalue weighted by Gasteiger charge is -2.15. The molecule has 0 amide bonds. The summed E-state index contributed by atoms with van der Waals surface area (Å²) in [6.45, 7) is 0.564. The fraction of sp³-hybridized carbons (Fsp3) is 0.800. The smallest absolute Gasteiger partial charge is 0.328 e. The van der Waals surface area contributed by atoms with Crippen molar-refractivity contribution in [2.75, 3.05) is 7.11 Å². The van der Waals surface area contributed by atoms with E-state index in [2.05, 4.69) is 4.74 Å². The predicted octanol–water partition coefficient (Wildman–Crippen LogP) is 0.142. The van der Waals surface area contributed by atoms with Crippen LogP contribution >= 0.6 is 0 Å². The fourth-order valence-electron chi connectivity index (χ4n) is 0.334. The van der Waals surface area contributed by atoms with Crippen molar-refractivity contribution in [3.05, 3.63) is 0 Å². The summed E-state index contributed by atoms with van der Waals surface area (Å²) in [6.07, 6.45) is 0. The summed E-state index contributed by atoms with van der Waals surface area (Å²) in [6, 6.07) is -1.86. The van der Waals surface area contributed by atoms with E-state index in [-0.39, 0.29) is 0 Å². The lowest BCUT2D eigenvalue weighted by molar-refractivity contribution is -0.150. The molecule has 0 spiro atoms. The molecule has 0 radical (unpaired) electrons. The van der Waals surface area contributed by atoms with Crippen LogP contribution in [0.4, 0.5) is 8.78 Å². The molecule has 1 atom stereocenters. The molecular weight excluding hydrogens is 144 g/mol. The molecule has 0 unspecified atom stereocenters. The average Bonchev–Trinajstić information content (AvgIpc) is 1.83. The number of alkyl halides is 2. The summed E-state index contributed by atoms with van der Waals surface area (Å²) in [5.74, 6) is -4.32. The number of rotatable bonds is 2. The Morgan fingerprint density at radius 2 is 2.10 bits per heavy atom. The van der Waals surface area contributed by atoms with Crippen LogP contribution in [-0.4, -0.2) is 25.0 Å². The lowest BCUT2D eigenvalue weighted by Crippen LogP contribution is -2.45. The zero-order chi connectivity index (χ0) is 8.36. The molecule has 0 aromatic heterocycles. The highest BCUT2D eigenvalue weighted by atomic mass is 19.3. The third-order valence-corrected chi connectivity index (χ3v) is 1.00. The van der Waals surface area contributed by atoms with Crippen molar-refractivity contribution in [2.24, 2.45) is 5.73 Å². The molecule has 0 heterocycles. The highest BCUT2D eigenvalue weighted by Gasteiger charge is 2.37. The average molecular weight is 153 g/mol. The van der Waals surface area contributed by atoms with Crippen molar-refractivity contribution < 1.29 is 18.3 Å². The molecule has 0 fully saturated rings. The number of carbonyl (C=O) groups is 1. The van der Waals surface area contributed by atoms with Gasteiger partial charge in [-0.3, -0.25) is 4.79 Å². The molecule has 5 heteroatoms. The Balaban J connectivity index is 4.08. The molecule has 0 aliphatic carbocycles. The quantitative estimate of drug-likeness (QED) is 0.574. The van der Waals surface area contributed by atoms with Gasteiger partial charge in [-0.25, -0.2) is 8.78 Å². The Morgan fingerprint density at radius 1 is 1.70 bits per heavy atom. The molecule has 0 rings (SSSR count). The van der Waals surface area contributed by atoms with E-state index in [0.29, 0.717) is 6.92 Å². The van der Waals surface area contributed by atoms with Gasteiger partial charge in [-0.2, -0.15) is 0 Å². The van der Waals surface area contributed by atoms with Gasteiger partial charge in [-0.15, -0.1) is 0 Å². The van der Waals surface area contributed by atoms with Gasteiger partial charge in [0.1, 0.15) is 0 Å². The van der Waals surface area contributed by atoms with Crippen molar-refractivity contribution in [1.29, 1.82) is 0 Å². The Hall–Kier alpha value is -0.710. The molecular formula is C5H9F2NO2. The standard InChI is InChI=1S/C5H9F2NO2/c1-5(6,7)3(8)4(9)10-2/h3H,8H2,1-2H3/t3-/m0/s1. The monoisotopic (exact) mass is 153 g/mol. The molecule has 2 N–H and O–H groups in total. The molecule has 60 valence electrons. The van der Waals surface area contributed by atoms with E-state index < -0.39 is 17.9 Å². The minimum absolute atomic E-state index is 0.564. The van der Waals surface area contributed by atoms with E-state index in [9.17, 15) is 13.6 Å². The van der Waals surface area contributed by atoms with Gasteiger partial charge in [0, 0.05) is 6.92 Å². The molecule has 0 aromatic carbocycles. The van der Waals surface area contributed by atoms with Crippen LogP contribution in [0.25, 0.3) is 0 Å². The normalized spacial score (nSPS) is 14.5. The summed E-state index contributed by atoms with van der Waals surface area (Å²) in [4.78, 5) is 10.3. The van der Waals surface area contributed by atoms with Crippen molar-refractivity contribution in [1.82, 2.24) is 0 Å². The third kappa shape index (κ3) is 2.26. The van der Waals surface area contributed by atoms with Crippen molar-refractivity contribution in [3.63, 3.8) is 0 Å². The van der Waals surface area contributed by atoms with E-state index in [1.54, 1.807) is 0 Å². The Bertz CT molecular complexity index is 132. The molecule has 0 saturated carbocycles. The Kier molecular flexibility index (Phi) is 2.71. The van der Waals surface area contributed by atoms with Gasteiger partial charge < -0.3 is 10.5 Å². The summed E-state index contributed by atoms with van der Waals surface area (Å²) in [5.41, 5.74) is 4.78. The highest BCUT2D eigenvalue weighted by molar-refractivity contribution is 5.76. The number of hydrogen-bond donors (Lipinski definition) is 1. The zero-order valence-electron chi connectivity index (χ0n) is 5.73. The Morgan fingerprint density at radius 3 is 2.20 bits per heavy atom. The largest absolute Gasteiger partial charge is 0.468 e. The third-order valence-electron chi connectivity index (χ3n) is 1.00. The van der Waals surface area contributed by atoms with Crippen molar-refractivity contribution >= 4 is 5.97 Å². The van der Waals surface area contributed by atoms with Gasteiger partial charge in [0.15, 0.2) is 6.04 Å². The number of hydrogen-bond acceptors (Lipinski definition) is 3. The maximum absolute atomic E-state index is 12.1. The second-order valence-corrected chi connectivity index (χ2v) is 1.96. The van der Waals surface area contributed by atoms with Crippen LogP contribution in [0.1, 0.15) is 6.92 Å². The summed E-state index contributed by atoms with van der Waals surface area (Å²) >= 11 is 0. The predicted molar refractivity (Wildman–Crippen MR) is 30.6 cm³/mol. The van der Waals surface area contributed by atoms with Gasteiger partial charge in [0.25, 0.3) is 5.92 Å². The van der Waals surface area contributed by atoms with E-state index in [1.807, 2.05) is 0 Å². The number of methoxy groups -OCH3 is 1. The van der Waals surface area contributed by atoms with Gasteiger partial charge >= 0.3 is 5.97 Å². The molecule has 0 bridgehead atoms. The van der Waals surface area contributed by atoms with E-state index in [4.69, 9.17) is 5.73 Å². The molecule has 0 saturated heterocycles. The first-order valence-electron chi connectivity index (χ1n) is 2.61. The summed E-state index contributed by atoms with van der Waals surface area (Å²) in [5, 5.41) is 0. The first-order chi connectivity index (χ1) is 4.39. The second-order valence-electron chi connectivity index (χ2n) is 1.96.